The number of carbonyl (C=O) groups excluding carboxylic acids is 3. The Balaban J connectivity index is 2.35. The molecule has 1 aliphatic rings. The van der Waals surface area contributed by atoms with Crippen LogP contribution in [-0.2, 0) is 25.5 Å². The number of ether oxygens (including phenoxy) is 1. The van der Waals surface area contributed by atoms with E-state index < -0.39 is 17.5 Å². The number of Topliss-reactive ketones (excluding diaryl/α,β-unsaturated/α-hetero) is 2. The summed E-state index contributed by atoms with van der Waals surface area (Å²) in [7, 11) is 0. The molecule has 0 N–H and O–H groups in total. The largest absolute Gasteiger partial charge is 0.472 e. The Bertz CT molecular complexity index is 673. The Hall–Kier alpha value is -1.91. The summed E-state index contributed by atoms with van der Waals surface area (Å²) in [5, 5.41) is 0. The quantitative estimate of drug-likeness (QED) is 0.624. The lowest BCUT2D eigenvalue weighted by Gasteiger charge is -2.52. The van der Waals surface area contributed by atoms with E-state index in [9.17, 15) is 14.4 Å². The van der Waals surface area contributed by atoms with Crippen LogP contribution in [0, 0.1) is 16.7 Å². The van der Waals surface area contributed by atoms with E-state index in [0.717, 1.165) is 18.4 Å². The molecule has 1 aliphatic carbocycles. The van der Waals surface area contributed by atoms with Crippen molar-refractivity contribution in [2.24, 2.45) is 16.7 Å². The number of ketones is 2. The summed E-state index contributed by atoms with van der Waals surface area (Å²) >= 11 is 0. The zero-order valence-corrected chi connectivity index (χ0v) is 17.2. The van der Waals surface area contributed by atoms with Gasteiger partial charge in [0, 0.05) is 31.1 Å². The Morgan fingerprint density at radius 3 is 2.52 bits per heavy atom. The van der Waals surface area contributed by atoms with Crippen LogP contribution in [0.1, 0.15) is 72.3 Å². The molecule has 0 amide bonds. The minimum absolute atomic E-state index is 0.112. The number of aryl methyl sites for hydroxylation is 1. The summed E-state index contributed by atoms with van der Waals surface area (Å²) < 4.78 is 10.6. The van der Waals surface area contributed by atoms with E-state index in [0.29, 0.717) is 19.3 Å². The highest BCUT2D eigenvalue weighted by atomic mass is 16.5. The molecule has 0 bridgehead atoms. The van der Waals surface area contributed by atoms with E-state index in [1.54, 1.807) is 19.5 Å². The summed E-state index contributed by atoms with van der Waals surface area (Å²) in [4.78, 5) is 37.7. The summed E-state index contributed by atoms with van der Waals surface area (Å²) in [5.41, 5.74) is 0.0133. The van der Waals surface area contributed by atoms with Gasteiger partial charge in [0.05, 0.1) is 12.5 Å². The van der Waals surface area contributed by atoms with Crippen LogP contribution >= 0.6 is 0 Å². The Kier molecular flexibility index (Phi) is 6.66. The maximum Gasteiger partial charge on any atom is 0.303 e. The second-order valence-corrected chi connectivity index (χ2v) is 8.64. The van der Waals surface area contributed by atoms with Crippen LogP contribution < -0.4 is 0 Å². The van der Waals surface area contributed by atoms with E-state index in [4.69, 9.17) is 9.15 Å². The highest BCUT2D eigenvalue weighted by Crippen LogP contribution is 2.54. The predicted molar refractivity (Wildman–Crippen MR) is 102 cm³/mol. The van der Waals surface area contributed by atoms with Gasteiger partial charge in [-0.3, -0.25) is 14.4 Å². The zero-order valence-electron chi connectivity index (χ0n) is 17.2. The summed E-state index contributed by atoms with van der Waals surface area (Å²) in [5.74, 6) is -0.787. The Morgan fingerprint density at radius 2 is 1.96 bits per heavy atom. The highest BCUT2D eigenvalue weighted by Gasteiger charge is 2.55. The van der Waals surface area contributed by atoms with Gasteiger partial charge < -0.3 is 9.15 Å². The van der Waals surface area contributed by atoms with Gasteiger partial charge in [0.25, 0.3) is 0 Å². The molecule has 1 aromatic heterocycles. The van der Waals surface area contributed by atoms with Gasteiger partial charge in [0.15, 0.2) is 11.9 Å². The maximum atomic E-state index is 13.3. The van der Waals surface area contributed by atoms with Gasteiger partial charge in [-0.2, -0.15) is 0 Å². The van der Waals surface area contributed by atoms with Crippen molar-refractivity contribution in [2.45, 2.75) is 79.2 Å². The van der Waals surface area contributed by atoms with Crippen LogP contribution in [0.3, 0.4) is 0 Å². The second kappa shape index (κ2) is 8.41. The molecule has 150 valence electrons. The van der Waals surface area contributed by atoms with Crippen LogP contribution in [0.15, 0.2) is 23.0 Å². The Labute approximate surface area is 161 Å². The molecule has 0 radical (unpaired) electrons. The topological polar surface area (TPSA) is 73.6 Å². The molecule has 0 aromatic carbocycles. The lowest BCUT2D eigenvalue weighted by molar-refractivity contribution is -0.172. The zero-order chi connectivity index (χ0) is 20.2. The van der Waals surface area contributed by atoms with Gasteiger partial charge in [-0.1, -0.05) is 34.1 Å². The third-order valence-electron chi connectivity index (χ3n) is 6.16. The third-order valence-corrected chi connectivity index (χ3v) is 6.16. The van der Waals surface area contributed by atoms with Crippen molar-refractivity contribution in [3.05, 3.63) is 24.2 Å². The van der Waals surface area contributed by atoms with Gasteiger partial charge in [-0.15, -0.1) is 0 Å². The van der Waals surface area contributed by atoms with Crippen LogP contribution in [-0.4, -0.2) is 23.6 Å². The second-order valence-electron chi connectivity index (χ2n) is 8.64. The summed E-state index contributed by atoms with van der Waals surface area (Å²) in [6.07, 6.45) is 6.19. The molecule has 1 saturated carbocycles. The van der Waals surface area contributed by atoms with E-state index in [-0.39, 0.29) is 29.3 Å². The highest BCUT2D eigenvalue weighted by molar-refractivity contribution is 5.89. The molecule has 1 fully saturated rings. The molecule has 5 nitrogen and oxygen atoms in total. The fourth-order valence-corrected chi connectivity index (χ4v) is 4.82. The average molecular weight is 376 g/mol. The van der Waals surface area contributed by atoms with Crippen LogP contribution in [0.2, 0.25) is 0 Å². The minimum Gasteiger partial charge on any atom is -0.472 e. The van der Waals surface area contributed by atoms with Crippen molar-refractivity contribution in [3.8, 4) is 0 Å². The smallest absolute Gasteiger partial charge is 0.303 e. The monoisotopic (exact) mass is 376 g/mol. The maximum absolute atomic E-state index is 13.3. The lowest BCUT2D eigenvalue weighted by atomic mass is 9.52. The van der Waals surface area contributed by atoms with Gasteiger partial charge >= 0.3 is 5.97 Å². The van der Waals surface area contributed by atoms with Gasteiger partial charge in [0.2, 0.25) is 0 Å². The first-order valence-corrected chi connectivity index (χ1v) is 9.86. The van der Waals surface area contributed by atoms with E-state index in [1.807, 2.05) is 13.0 Å². The number of furan rings is 1. The molecule has 0 aliphatic heterocycles. The molecular formula is C22H32O5. The molecule has 2 rings (SSSR count). The van der Waals surface area contributed by atoms with Crippen molar-refractivity contribution in [3.63, 3.8) is 0 Å². The lowest BCUT2D eigenvalue weighted by Crippen LogP contribution is -2.55. The first-order valence-electron chi connectivity index (χ1n) is 9.86. The van der Waals surface area contributed by atoms with Crippen molar-refractivity contribution in [1.82, 2.24) is 0 Å². The van der Waals surface area contributed by atoms with Crippen molar-refractivity contribution in [2.75, 3.05) is 0 Å². The van der Waals surface area contributed by atoms with Gasteiger partial charge in [0.1, 0.15) is 5.78 Å². The number of rotatable bonds is 8. The number of carbonyl (C=O) groups is 3. The first kappa shape index (κ1) is 21.4. The van der Waals surface area contributed by atoms with Gasteiger partial charge in [-0.05, 0) is 36.3 Å². The fourth-order valence-electron chi connectivity index (χ4n) is 4.82. The third kappa shape index (κ3) is 4.69. The van der Waals surface area contributed by atoms with Crippen LogP contribution in [0.25, 0.3) is 0 Å². The molecular weight excluding hydrogens is 344 g/mol. The molecule has 0 saturated heterocycles. The van der Waals surface area contributed by atoms with Gasteiger partial charge in [-0.25, -0.2) is 0 Å². The molecule has 3 atom stereocenters. The predicted octanol–water partition coefficient (Wildman–Crippen LogP) is 4.52. The number of hydrogen-bond donors (Lipinski definition) is 0. The van der Waals surface area contributed by atoms with E-state index in [2.05, 4.69) is 13.8 Å². The summed E-state index contributed by atoms with van der Waals surface area (Å²) in [6.45, 7) is 9.21. The van der Waals surface area contributed by atoms with E-state index >= 15 is 0 Å². The van der Waals surface area contributed by atoms with Crippen molar-refractivity contribution >= 4 is 17.5 Å². The molecule has 5 heteroatoms. The molecule has 1 heterocycles. The van der Waals surface area contributed by atoms with Crippen LogP contribution in [0.5, 0.6) is 0 Å². The molecule has 27 heavy (non-hydrogen) atoms. The molecule has 1 aromatic rings. The standard InChI is InChI=1S/C22H32O5/c1-6-17(24)19(27-15(2)23)20-21(3,4)11-7-12-22(20,5)18(25)9-8-16-10-13-26-14-16/h10,13-14,19-20H,6-9,11-12H2,1-5H3/t19?,20-,22+/m0/s1. The van der Waals surface area contributed by atoms with Crippen LogP contribution in [0.4, 0.5) is 0 Å². The Morgan fingerprint density at radius 1 is 1.26 bits per heavy atom. The molecule has 0 spiro atoms. The molecule has 1 unspecified atom stereocenters. The van der Waals surface area contributed by atoms with Crippen molar-refractivity contribution < 1.29 is 23.5 Å². The minimum atomic E-state index is -0.870. The first-order chi connectivity index (χ1) is 12.6. The average Bonchev–Trinajstić information content (AvgIpc) is 3.10. The normalized spacial score (nSPS) is 25.6. The SMILES string of the molecule is CCC(=O)C(OC(C)=O)[C@H]1C(C)(C)CCC[C@]1(C)C(=O)CCc1ccoc1. The number of hydrogen-bond acceptors (Lipinski definition) is 5. The van der Waals surface area contributed by atoms with Crippen molar-refractivity contribution in [1.29, 1.82) is 0 Å². The number of esters is 1. The van der Waals surface area contributed by atoms with E-state index in [1.165, 1.54) is 6.92 Å². The summed E-state index contributed by atoms with van der Waals surface area (Å²) in [6, 6.07) is 1.86. The fraction of sp³-hybridized carbons (Fsp3) is 0.682.